The Balaban J connectivity index is 1.55. The fourth-order valence-corrected chi connectivity index (χ4v) is 5.06. The van der Waals surface area contributed by atoms with Crippen LogP contribution in [0.3, 0.4) is 0 Å². The number of carbonyl (C=O) groups is 1. The second kappa shape index (κ2) is 6.93. The summed E-state index contributed by atoms with van der Waals surface area (Å²) in [4.78, 5) is 18.5. The normalized spacial score (nSPS) is 16.7. The van der Waals surface area contributed by atoms with Crippen molar-refractivity contribution in [3.05, 3.63) is 63.8 Å². The van der Waals surface area contributed by atoms with Gasteiger partial charge in [-0.25, -0.2) is 9.50 Å². The summed E-state index contributed by atoms with van der Waals surface area (Å²) in [5, 5.41) is 9.43. The molecule has 0 atom stereocenters. The maximum Gasteiger partial charge on any atom is 0.256 e. The van der Waals surface area contributed by atoms with Gasteiger partial charge in [0.15, 0.2) is 0 Å². The Morgan fingerprint density at radius 1 is 1.23 bits per heavy atom. The smallest absolute Gasteiger partial charge is 0.256 e. The summed E-state index contributed by atoms with van der Waals surface area (Å²) in [7, 11) is 1.64. The molecule has 3 heterocycles. The molecular formula is C23H17ClN4O2S. The average molecular weight is 449 g/mol. The maximum absolute atomic E-state index is 12.8. The molecule has 1 amide bonds. The van der Waals surface area contributed by atoms with Crippen LogP contribution in [0.4, 0.5) is 5.69 Å². The molecular weight excluding hydrogens is 432 g/mol. The van der Waals surface area contributed by atoms with Crippen molar-refractivity contribution in [3.8, 4) is 17.0 Å². The molecule has 8 heteroatoms. The quantitative estimate of drug-likeness (QED) is 0.419. The lowest BCUT2D eigenvalue weighted by atomic mass is 10.0. The molecule has 2 aliphatic rings. The maximum atomic E-state index is 12.8. The standard InChI is InChI=1S/C23H17ClN4O2S/c1-30-15-7-4-12(5-8-15)20-19(28-23(26-20)31-22(27-28)13-2-3-13)11-17-16-9-6-14(24)10-18(16)25-21(17)29/h4-11,13H,2-3H2,1H3,(H,25,29)/b17-11+. The van der Waals surface area contributed by atoms with Gasteiger partial charge >= 0.3 is 0 Å². The van der Waals surface area contributed by atoms with E-state index < -0.39 is 0 Å². The lowest BCUT2D eigenvalue weighted by Crippen LogP contribution is -2.04. The first-order valence-corrected chi connectivity index (χ1v) is 11.2. The summed E-state index contributed by atoms with van der Waals surface area (Å²) >= 11 is 7.72. The number of nitrogens with zero attached hydrogens (tertiary/aromatic N) is 3. The Bertz CT molecular complexity index is 1380. The van der Waals surface area contributed by atoms with Crippen molar-refractivity contribution in [3.63, 3.8) is 0 Å². The molecule has 1 aliphatic heterocycles. The predicted molar refractivity (Wildman–Crippen MR) is 123 cm³/mol. The highest BCUT2D eigenvalue weighted by Crippen LogP contribution is 2.43. The molecule has 1 fully saturated rings. The van der Waals surface area contributed by atoms with Crippen molar-refractivity contribution in [2.75, 3.05) is 12.4 Å². The van der Waals surface area contributed by atoms with Crippen LogP contribution in [0.2, 0.25) is 5.02 Å². The number of methoxy groups -OCH3 is 1. The van der Waals surface area contributed by atoms with Crippen LogP contribution in [-0.2, 0) is 4.79 Å². The summed E-state index contributed by atoms with van der Waals surface area (Å²) in [6, 6.07) is 13.2. The summed E-state index contributed by atoms with van der Waals surface area (Å²) in [6.07, 6.45) is 4.23. The van der Waals surface area contributed by atoms with Crippen molar-refractivity contribution in [1.82, 2.24) is 14.6 Å². The largest absolute Gasteiger partial charge is 0.497 e. The van der Waals surface area contributed by atoms with Gasteiger partial charge < -0.3 is 10.1 Å². The Morgan fingerprint density at radius 3 is 2.77 bits per heavy atom. The van der Waals surface area contributed by atoms with Gasteiger partial charge in [-0.05, 0) is 55.3 Å². The van der Waals surface area contributed by atoms with E-state index in [1.807, 2.05) is 40.9 Å². The summed E-state index contributed by atoms with van der Waals surface area (Å²) in [6.45, 7) is 0. The minimum Gasteiger partial charge on any atom is -0.497 e. The number of nitrogens with one attached hydrogen (secondary N) is 1. The number of hydrogen-bond donors (Lipinski definition) is 1. The van der Waals surface area contributed by atoms with E-state index in [4.69, 9.17) is 26.4 Å². The number of benzene rings is 2. The molecule has 1 aliphatic carbocycles. The lowest BCUT2D eigenvalue weighted by Gasteiger charge is -2.04. The zero-order valence-electron chi connectivity index (χ0n) is 16.6. The van der Waals surface area contributed by atoms with E-state index in [2.05, 4.69) is 5.32 Å². The van der Waals surface area contributed by atoms with Crippen LogP contribution in [0.1, 0.15) is 35.0 Å². The molecule has 31 heavy (non-hydrogen) atoms. The van der Waals surface area contributed by atoms with E-state index in [0.717, 1.165) is 38.2 Å². The van der Waals surface area contributed by atoms with E-state index in [1.165, 1.54) is 12.8 Å². The molecule has 2 aromatic carbocycles. The molecule has 6 rings (SSSR count). The molecule has 154 valence electrons. The Kier molecular flexibility index (Phi) is 4.16. The van der Waals surface area contributed by atoms with Gasteiger partial charge in [0.1, 0.15) is 10.8 Å². The molecule has 0 radical (unpaired) electrons. The minimum absolute atomic E-state index is 0.162. The van der Waals surface area contributed by atoms with Crippen LogP contribution in [0.15, 0.2) is 42.5 Å². The second-order valence-electron chi connectivity index (χ2n) is 7.69. The topological polar surface area (TPSA) is 68.5 Å². The first kappa shape index (κ1) is 18.6. The van der Waals surface area contributed by atoms with Gasteiger partial charge in [0, 0.05) is 22.1 Å². The third-order valence-electron chi connectivity index (χ3n) is 5.59. The number of fused-ring (bicyclic) bond motifs is 2. The van der Waals surface area contributed by atoms with E-state index in [0.29, 0.717) is 22.2 Å². The number of ether oxygens (including phenoxy) is 1. The molecule has 4 aromatic rings. The molecule has 0 saturated heterocycles. The number of aromatic nitrogens is 3. The SMILES string of the molecule is COc1ccc(-c2nc3sc(C4CC4)nn3c2/C=C2/C(=O)Nc3cc(Cl)ccc32)cc1. The van der Waals surface area contributed by atoms with Crippen LogP contribution in [-0.4, -0.2) is 27.6 Å². The van der Waals surface area contributed by atoms with E-state index >= 15 is 0 Å². The number of carbonyl (C=O) groups excluding carboxylic acids is 1. The zero-order valence-corrected chi connectivity index (χ0v) is 18.1. The second-order valence-corrected chi connectivity index (χ2v) is 9.11. The molecule has 0 spiro atoms. The van der Waals surface area contributed by atoms with E-state index in [9.17, 15) is 4.79 Å². The first-order chi connectivity index (χ1) is 15.1. The number of amides is 1. The molecule has 6 nitrogen and oxygen atoms in total. The molecule has 0 bridgehead atoms. The molecule has 0 unspecified atom stereocenters. The van der Waals surface area contributed by atoms with Gasteiger partial charge in [-0.2, -0.15) is 5.10 Å². The van der Waals surface area contributed by atoms with Crippen molar-refractivity contribution in [1.29, 1.82) is 0 Å². The van der Waals surface area contributed by atoms with Gasteiger partial charge in [-0.1, -0.05) is 29.0 Å². The Morgan fingerprint density at radius 2 is 2.03 bits per heavy atom. The molecule has 2 aromatic heterocycles. The Labute approximate surface area is 187 Å². The van der Waals surface area contributed by atoms with Crippen LogP contribution in [0.25, 0.3) is 27.9 Å². The van der Waals surface area contributed by atoms with E-state index in [-0.39, 0.29) is 5.91 Å². The molecule has 1 N–H and O–H groups in total. The lowest BCUT2D eigenvalue weighted by molar-refractivity contribution is -0.110. The van der Waals surface area contributed by atoms with Crippen molar-refractivity contribution in [2.24, 2.45) is 0 Å². The highest BCUT2D eigenvalue weighted by molar-refractivity contribution is 7.16. The highest BCUT2D eigenvalue weighted by atomic mass is 35.5. The van der Waals surface area contributed by atoms with Gasteiger partial charge in [0.05, 0.1) is 29.8 Å². The number of anilines is 1. The zero-order chi connectivity index (χ0) is 21.1. The fourth-order valence-electron chi connectivity index (χ4n) is 3.81. The van der Waals surface area contributed by atoms with Gasteiger partial charge in [0.25, 0.3) is 5.91 Å². The van der Waals surface area contributed by atoms with Gasteiger partial charge in [-0.3, -0.25) is 4.79 Å². The van der Waals surface area contributed by atoms with Crippen LogP contribution in [0, 0.1) is 0 Å². The number of rotatable bonds is 4. The fraction of sp³-hybridized carbons (Fsp3) is 0.174. The van der Waals surface area contributed by atoms with Crippen LogP contribution in [0.5, 0.6) is 5.75 Å². The van der Waals surface area contributed by atoms with Crippen LogP contribution >= 0.6 is 22.9 Å². The minimum atomic E-state index is -0.162. The summed E-state index contributed by atoms with van der Waals surface area (Å²) < 4.78 is 7.15. The number of hydrogen-bond acceptors (Lipinski definition) is 5. The third-order valence-corrected chi connectivity index (χ3v) is 6.90. The first-order valence-electron chi connectivity index (χ1n) is 9.97. The van der Waals surface area contributed by atoms with Gasteiger partial charge in [0.2, 0.25) is 4.96 Å². The average Bonchev–Trinajstić information content (AvgIpc) is 3.35. The summed E-state index contributed by atoms with van der Waals surface area (Å²) in [5.74, 6) is 1.15. The monoisotopic (exact) mass is 448 g/mol. The highest BCUT2D eigenvalue weighted by Gasteiger charge is 2.30. The predicted octanol–water partition coefficient (Wildman–Crippen LogP) is 5.49. The van der Waals surface area contributed by atoms with Crippen molar-refractivity contribution in [2.45, 2.75) is 18.8 Å². The van der Waals surface area contributed by atoms with Gasteiger partial charge in [-0.15, -0.1) is 0 Å². The number of imidazole rings is 1. The van der Waals surface area contributed by atoms with Crippen LogP contribution < -0.4 is 10.1 Å². The Hall–Kier alpha value is -3.16. The number of halogens is 1. The van der Waals surface area contributed by atoms with Crippen molar-refractivity contribution >= 4 is 51.1 Å². The summed E-state index contributed by atoms with van der Waals surface area (Å²) in [5.41, 5.74) is 4.62. The van der Waals surface area contributed by atoms with E-state index in [1.54, 1.807) is 30.6 Å². The molecule has 1 saturated carbocycles. The van der Waals surface area contributed by atoms with Crippen molar-refractivity contribution < 1.29 is 9.53 Å². The third kappa shape index (κ3) is 3.12.